The first-order valence-electron chi connectivity index (χ1n) is 6.20. The van der Waals surface area contributed by atoms with Crippen LogP contribution in [0.15, 0.2) is 30.7 Å². The van der Waals surface area contributed by atoms with Gasteiger partial charge in [-0.15, -0.1) is 0 Å². The van der Waals surface area contributed by atoms with Crippen LogP contribution in [0.2, 0.25) is 0 Å². The minimum Gasteiger partial charge on any atom is -0.487 e. The highest BCUT2D eigenvalue weighted by atomic mass is 16.5. The van der Waals surface area contributed by atoms with Crippen LogP contribution in [-0.2, 0) is 13.2 Å². The summed E-state index contributed by atoms with van der Waals surface area (Å²) in [6.45, 7) is 3.49. The lowest BCUT2D eigenvalue weighted by Gasteiger charge is -2.08. The number of carbonyl (C=O) groups is 1. The zero-order valence-corrected chi connectivity index (χ0v) is 10.6. The van der Waals surface area contributed by atoms with Crippen LogP contribution in [-0.4, -0.2) is 21.9 Å². The Kier molecular flexibility index (Phi) is 2.95. The zero-order valence-electron chi connectivity index (χ0n) is 10.6. The molecule has 0 saturated carbocycles. The van der Waals surface area contributed by atoms with Gasteiger partial charge in [-0.05, 0) is 19.1 Å². The number of carbonyl (C=O) groups excluding carboxylic acids is 1. The van der Waals surface area contributed by atoms with Gasteiger partial charge in [-0.2, -0.15) is 0 Å². The first kappa shape index (κ1) is 11.8. The third kappa shape index (κ3) is 2.19. The average molecular weight is 258 g/mol. The number of hydrogen-bond acceptors (Lipinski definition) is 4. The summed E-state index contributed by atoms with van der Waals surface area (Å²) in [4.78, 5) is 15.5. The lowest BCUT2D eigenvalue weighted by atomic mass is 10.1. The van der Waals surface area contributed by atoms with Gasteiger partial charge in [-0.25, -0.2) is 4.98 Å². The Bertz CT molecular complexity index is 619. The van der Waals surface area contributed by atoms with Crippen molar-refractivity contribution in [3.63, 3.8) is 0 Å². The Balaban J connectivity index is 1.73. The van der Waals surface area contributed by atoms with E-state index in [1.807, 2.05) is 4.57 Å². The smallest absolute Gasteiger partial charge is 0.203 e. The van der Waals surface area contributed by atoms with E-state index in [1.54, 1.807) is 30.7 Å². The van der Waals surface area contributed by atoms with Crippen molar-refractivity contribution in [3.05, 3.63) is 42.0 Å². The van der Waals surface area contributed by atoms with Crippen LogP contribution in [0.5, 0.6) is 11.5 Å². The Hall–Kier alpha value is -2.30. The molecular weight excluding hydrogens is 244 g/mol. The Morgan fingerprint density at radius 3 is 3.21 bits per heavy atom. The summed E-state index contributed by atoms with van der Waals surface area (Å²) >= 11 is 0. The summed E-state index contributed by atoms with van der Waals surface area (Å²) in [6, 6.07) is 5.29. The number of hydrogen-bond donors (Lipinski definition) is 0. The van der Waals surface area contributed by atoms with Crippen molar-refractivity contribution < 1.29 is 14.3 Å². The summed E-state index contributed by atoms with van der Waals surface area (Å²) in [7, 11) is 0. The first-order valence-corrected chi connectivity index (χ1v) is 6.20. The van der Waals surface area contributed by atoms with Crippen LogP contribution in [0.3, 0.4) is 0 Å². The molecule has 2 heterocycles. The second-order valence-corrected chi connectivity index (χ2v) is 4.33. The summed E-state index contributed by atoms with van der Waals surface area (Å²) in [6.07, 6.45) is 3.57. The highest BCUT2D eigenvalue weighted by Gasteiger charge is 2.21. The van der Waals surface area contributed by atoms with Crippen molar-refractivity contribution in [1.29, 1.82) is 0 Å². The number of aromatic nitrogens is 2. The molecule has 0 fully saturated rings. The van der Waals surface area contributed by atoms with Crippen LogP contribution < -0.4 is 9.47 Å². The highest BCUT2D eigenvalue weighted by molar-refractivity contribution is 6.02. The summed E-state index contributed by atoms with van der Waals surface area (Å²) in [5.74, 6) is 1.31. The van der Waals surface area contributed by atoms with E-state index >= 15 is 0 Å². The highest BCUT2D eigenvalue weighted by Crippen LogP contribution is 2.29. The predicted octanol–water partition coefficient (Wildman–Crippen LogP) is 2.06. The van der Waals surface area contributed by atoms with Crippen molar-refractivity contribution in [2.75, 3.05) is 6.61 Å². The molecule has 98 valence electrons. The van der Waals surface area contributed by atoms with Gasteiger partial charge in [0.2, 0.25) is 5.78 Å². The zero-order chi connectivity index (χ0) is 13.2. The Labute approximate surface area is 110 Å². The van der Waals surface area contributed by atoms with E-state index in [9.17, 15) is 4.79 Å². The fourth-order valence-corrected chi connectivity index (χ4v) is 2.07. The fourth-order valence-electron chi connectivity index (χ4n) is 2.07. The maximum Gasteiger partial charge on any atom is 0.203 e. The summed E-state index contributed by atoms with van der Waals surface area (Å²) < 4.78 is 13.0. The largest absolute Gasteiger partial charge is 0.487 e. The molecule has 19 heavy (non-hydrogen) atoms. The number of fused-ring (bicyclic) bond motifs is 1. The van der Waals surface area contributed by atoms with Crippen LogP contribution >= 0.6 is 0 Å². The number of Topliss-reactive ketones (excluding diaryl/α,β-unsaturated/α-hetero) is 1. The molecule has 2 aromatic rings. The van der Waals surface area contributed by atoms with E-state index in [4.69, 9.17) is 9.47 Å². The van der Waals surface area contributed by atoms with Gasteiger partial charge in [0.15, 0.2) is 6.61 Å². The van der Waals surface area contributed by atoms with Crippen LogP contribution in [0.4, 0.5) is 0 Å². The molecule has 0 unspecified atom stereocenters. The van der Waals surface area contributed by atoms with Crippen LogP contribution in [0.1, 0.15) is 23.0 Å². The van der Waals surface area contributed by atoms with Crippen molar-refractivity contribution in [2.45, 2.75) is 20.1 Å². The second kappa shape index (κ2) is 4.76. The molecule has 1 aromatic heterocycles. The van der Waals surface area contributed by atoms with Crippen molar-refractivity contribution in [3.8, 4) is 11.5 Å². The number of nitrogens with zero attached hydrogens (tertiary/aromatic N) is 2. The topological polar surface area (TPSA) is 53.4 Å². The average Bonchev–Trinajstić information content (AvgIpc) is 3.03. The molecule has 0 radical (unpaired) electrons. The van der Waals surface area contributed by atoms with Crippen molar-refractivity contribution in [1.82, 2.24) is 9.55 Å². The van der Waals surface area contributed by atoms with E-state index in [0.717, 1.165) is 12.2 Å². The van der Waals surface area contributed by atoms with Crippen LogP contribution in [0.25, 0.3) is 0 Å². The Morgan fingerprint density at radius 2 is 2.37 bits per heavy atom. The van der Waals surface area contributed by atoms with E-state index in [0.29, 0.717) is 23.7 Å². The number of aryl methyl sites for hydroxylation is 1. The molecule has 0 aliphatic carbocycles. The van der Waals surface area contributed by atoms with E-state index < -0.39 is 0 Å². The first-order chi connectivity index (χ1) is 9.28. The van der Waals surface area contributed by atoms with Crippen LogP contribution in [0, 0.1) is 0 Å². The predicted molar refractivity (Wildman–Crippen MR) is 68.5 cm³/mol. The lowest BCUT2D eigenvalue weighted by Crippen LogP contribution is -2.03. The second-order valence-electron chi connectivity index (χ2n) is 4.33. The molecule has 5 nitrogen and oxygen atoms in total. The molecule has 0 saturated heterocycles. The van der Waals surface area contributed by atoms with Gasteiger partial charge in [0, 0.05) is 12.6 Å². The summed E-state index contributed by atoms with van der Waals surface area (Å²) in [5, 5.41) is 0. The molecule has 5 heteroatoms. The summed E-state index contributed by atoms with van der Waals surface area (Å²) in [5.41, 5.74) is 1.64. The molecule has 1 aliphatic heterocycles. The fraction of sp³-hybridized carbons (Fsp3) is 0.286. The SMILES string of the molecule is CCn1cncc1COc1ccc2c(c1)OCC2=O. The quantitative estimate of drug-likeness (QED) is 0.842. The maximum absolute atomic E-state index is 11.4. The minimum atomic E-state index is 0.0191. The standard InChI is InChI=1S/C14H14N2O3/c1-2-16-9-15-6-10(16)7-18-11-3-4-12-13(17)8-19-14(12)5-11/h3-6,9H,2,7-8H2,1H3. The van der Waals surface area contributed by atoms with Crippen molar-refractivity contribution >= 4 is 5.78 Å². The maximum atomic E-state index is 11.4. The minimum absolute atomic E-state index is 0.0191. The molecule has 1 aliphatic rings. The van der Waals surface area contributed by atoms with Gasteiger partial charge < -0.3 is 14.0 Å². The van der Waals surface area contributed by atoms with Gasteiger partial charge in [-0.3, -0.25) is 4.79 Å². The molecule has 0 amide bonds. The normalized spacial score (nSPS) is 13.2. The molecule has 1 aromatic carbocycles. The van der Waals surface area contributed by atoms with Gasteiger partial charge in [0.25, 0.3) is 0 Å². The number of benzene rings is 1. The number of ether oxygens (including phenoxy) is 2. The van der Waals surface area contributed by atoms with Gasteiger partial charge >= 0.3 is 0 Å². The number of ketones is 1. The monoisotopic (exact) mass is 258 g/mol. The molecular formula is C14H14N2O3. The molecule has 0 bridgehead atoms. The lowest BCUT2D eigenvalue weighted by molar-refractivity contribution is 0.0961. The third-order valence-electron chi connectivity index (χ3n) is 3.14. The number of rotatable bonds is 4. The van der Waals surface area contributed by atoms with E-state index in [2.05, 4.69) is 11.9 Å². The number of imidazole rings is 1. The van der Waals surface area contributed by atoms with Gasteiger partial charge in [0.1, 0.15) is 18.1 Å². The van der Waals surface area contributed by atoms with E-state index in [-0.39, 0.29) is 12.4 Å². The van der Waals surface area contributed by atoms with Gasteiger partial charge in [0.05, 0.1) is 23.8 Å². The third-order valence-corrected chi connectivity index (χ3v) is 3.14. The molecule has 0 atom stereocenters. The Morgan fingerprint density at radius 1 is 1.47 bits per heavy atom. The molecule has 0 N–H and O–H groups in total. The van der Waals surface area contributed by atoms with Crippen molar-refractivity contribution in [2.24, 2.45) is 0 Å². The molecule has 0 spiro atoms. The molecule has 3 rings (SSSR count). The van der Waals surface area contributed by atoms with E-state index in [1.165, 1.54) is 0 Å². The van der Waals surface area contributed by atoms with Gasteiger partial charge in [-0.1, -0.05) is 0 Å².